The fourth-order valence-electron chi connectivity index (χ4n) is 3.52. The van der Waals surface area contributed by atoms with Crippen molar-refractivity contribution < 1.29 is 4.79 Å². The molecule has 3 heteroatoms. The summed E-state index contributed by atoms with van der Waals surface area (Å²) >= 11 is 6.06. The fraction of sp³-hybridized carbons (Fsp3) is 0.923. The monoisotopic (exact) mass is 241 g/mol. The summed E-state index contributed by atoms with van der Waals surface area (Å²) in [4.78, 5) is 11.9. The summed E-state index contributed by atoms with van der Waals surface area (Å²) in [6.07, 6.45) is 7.08. The molecule has 0 aromatic heterocycles. The van der Waals surface area contributed by atoms with E-state index in [-0.39, 0.29) is 0 Å². The molecule has 3 aliphatic carbocycles. The van der Waals surface area contributed by atoms with Crippen molar-refractivity contribution in [2.45, 2.75) is 43.9 Å². The van der Waals surface area contributed by atoms with Crippen LogP contribution in [0.4, 0.5) is 0 Å². The first-order valence-electron chi connectivity index (χ1n) is 6.64. The normalized spacial score (nSPS) is 45.4. The molecule has 2 nitrogen and oxygen atoms in total. The largest absolute Gasteiger partial charge is 0.356 e. The summed E-state index contributed by atoms with van der Waals surface area (Å²) in [5, 5.41) is 3.48. The van der Waals surface area contributed by atoms with Crippen molar-refractivity contribution in [1.82, 2.24) is 5.32 Å². The fourth-order valence-corrected chi connectivity index (χ4v) is 3.90. The predicted molar refractivity (Wildman–Crippen MR) is 64.3 cm³/mol. The number of nitrogens with one attached hydrogen (secondary N) is 1. The molecule has 3 saturated carbocycles. The van der Waals surface area contributed by atoms with Gasteiger partial charge in [0, 0.05) is 17.8 Å². The third-order valence-corrected chi connectivity index (χ3v) is 5.05. The molecule has 0 aliphatic heterocycles. The molecule has 0 spiro atoms. The maximum Gasteiger partial charge on any atom is 0.223 e. The van der Waals surface area contributed by atoms with Gasteiger partial charge in [-0.15, -0.1) is 11.6 Å². The quantitative estimate of drug-likeness (QED) is 0.756. The van der Waals surface area contributed by atoms with Gasteiger partial charge in [0.2, 0.25) is 5.91 Å². The van der Waals surface area contributed by atoms with Crippen molar-refractivity contribution >= 4 is 17.5 Å². The summed E-state index contributed by atoms with van der Waals surface area (Å²) in [6, 6.07) is 0. The smallest absolute Gasteiger partial charge is 0.223 e. The second-order valence-electron chi connectivity index (χ2n) is 5.95. The van der Waals surface area contributed by atoms with E-state index < -0.39 is 0 Å². The highest BCUT2D eigenvalue weighted by Gasteiger charge is 2.47. The van der Waals surface area contributed by atoms with Crippen LogP contribution in [0.15, 0.2) is 0 Å². The summed E-state index contributed by atoms with van der Waals surface area (Å²) in [5.74, 6) is 3.06. The van der Waals surface area contributed by atoms with Gasteiger partial charge >= 0.3 is 0 Å². The van der Waals surface area contributed by atoms with Gasteiger partial charge in [-0.1, -0.05) is 0 Å². The molecule has 16 heavy (non-hydrogen) atoms. The Morgan fingerprint density at radius 1 is 1.12 bits per heavy atom. The van der Waals surface area contributed by atoms with Crippen molar-refractivity contribution in [1.29, 1.82) is 0 Å². The maximum absolute atomic E-state index is 11.9. The van der Waals surface area contributed by atoms with E-state index in [0.717, 1.165) is 44.1 Å². The number of carbonyl (C=O) groups is 1. The van der Waals surface area contributed by atoms with Gasteiger partial charge in [0.15, 0.2) is 0 Å². The van der Waals surface area contributed by atoms with Crippen LogP contribution in [0, 0.1) is 23.7 Å². The number of amides is 1. The average molecular weight is 242 g/mol. The Morgan fingerprint density at radius 2 is 1.88 bits per heavy atom. The summed E-state index contributed by atoms with van der Waals surface area (Å²) in [5.41, 5.74) is 0. The Labute approximate surface area is 102 Å². The zero-order valence-corrected chi connectivity index (χ0v) is 10.4. The molecule has 3 rings (SSSR count). The Kier molecular flexibility index (Phi) is 2.87. The van der Waals surface area contributed by atoms with Gasteiger partial charge in [0.1, 0.15) is 0 Å². The minimum absolute atomic E-state index is 0.310. The van der Waals surface area contributed by atoms with Crippen LogP contribution in [0.3, 0.4) is 0 Å². The molecule has 1 N–H and O–H groups in total. The third kappa shape index (κ3) is 2.22. The van der Waals surface area contributed by atoms with E-state index in [2.05, 4.69) is 5.32 Å². The Morgan fingerprint density at radius 3 is 2.50 bits per heavy atom. The van der Waals surface area contributed by atoms with Crippen LogP contribution >= 0.6 is 11.6 Å². The first kappa shape index (κ1) is 10.9. The highest BCUT2D eigenvalue weighted by atomic mass is 35.5. The molecule has 90 valence electrons. The van der Waals surface area contributed by atoms with Crippen LogP contribution in [0.5, 0.6) is 0 Å². The van der Waals surface area contributed by atoms with E-state index in [4.69, 9.17) is 11.6 Å². The highest BCUT2D eigenvalue weighted by Crippen LogP contribution is 2.54. The van der Waals surface area contributed by atoms with Crippen molar-refractivity contribution in [2.24, 2.45) is 23.7 Å². The van der Waals surface area contributed by atoms with Gasteiger partial charge < -0.3 is 5.32 Å². The molecular weight excluding hydrogens is 222 g/mol. The number of rotatable bonds is 3. The SMILES string of the molecule is O=C(NCC1CCC(Cl)C1)C1CC2CC2C1. The standard InChI is InChI=1S/C13H20ClNO/c14-12-2-1-8(3-12)7-15-13(16)11-5-9-4-10(9)6-11/h8-12H,1-7H2,(H,15,16). The van der Waals surface area contributed by atoms with Gasteiger partial charge in [0.05, 0.1) is 0 Å². The number of hydrogen-bond acceptors (Lipinski definition) is 1. The van der Waals surface area contributed by atoms with Crippen molar-refractivity contribution in [3.05, 3.63) is 0 Å². The van der Waals surface area contributed by atoms with E-state index >= 15 is 0 Å². The molecule has 3 aliphatic rings. The highest BCUT2D eigenvalue weighted by molar-refractivity contribution is 6.20. The van der Waals surface area contributed by atoms with Gasteiger partial charge in [-0.2, -0.15) is 0 Å². The lowest BCUT2D eigenvalue weighted by atomic mass is 10.0. The third-order valence-electron chi connectivity index (χ3n) is 4.66. The topological polar surface area (TPSA) is 29.1 Å². The molecule has 1 amide bonds. The van der Waals surface area contributed by atoms with E-state index in [0.29, 0.717) is 23.1 Å². The summed E-state index contributed by atoms with van der Waals surface area (Å²) in [7, 11) is 0. The van der Waals surface area contributed by atoms with Crippen molar-refractivity contribution in [2.75, 3.05) is 6.54 Å². The molecule has 0 radical (unpaired) electrons. The zero-order chi connectivity index (χ0) is 11.1. The van der Waals surface area contributed by atoms with E-state index in [9.17, 15) is 4.79 Å². The molecule has 0 saturated heterocycles. The van der Waals surface area contributed by atoms with Crippen LogP contribution in [-0.2, 0) is 4.79 Å². The minimum atomic E-state index is 0.310. The first-order valence-corrected chi connectivity index (χ1v) is 7.08. The van der Waals surface area contributed by atoms with Gasteiger partial charge in [-0.05, 0) is 56.3 Å². The second-order valence-corrected chi connectivity index (χ2v) is 6.56. The van der Waals surface area contributed by atoms with Gasteiger partial charge in [0.25, 0.3) is 0 Å². The summed E-state index contributed by atoms with van der Waals surface area (Å²) in [6.45, 7) is 0.855. The van der Waals surface area contributed by atoms with Crippen LogP contribution in [0.25, 0.3) is 0 Å². The van der Waals surface area contributed by atoms with Crippen LogP contribution < -0.4 is 5.32 Å². The van der Waals surface area contributed by atoms with E-state index in [1.807, 2.05) is 0 Å². The lowest BCUT2D eigenvalue weighted by Gasteiger charge is -2.15. The van der Waals surface area contributed by atoms with E-state index in [1.54, 1.807) is 0 Å². The number of fused-ring (bicyclic) bond motifs is 1. The van der Waals surface area contributed by atoms with E-state index in [1.165, 1.54) is 12.8 Å². The first-order chi connectivity index (χ1) is 7.72. The predicted octanol–water partition coefficient (Wildman–Crippen LogP) is 2.56. The zero-order valence-electron chi connectivity index (χ0n) is 9.62. The molecule has 0 bridgehead atoms. The lowest BCUT2D eigenvalue weighted by molar-refractivity contribution is -0.125. The lowest BCUT2D eigenvalue weighted by Crippen LogP contribution is -2.33. The Bertz CT molecular complexity index is 284. The number of carbonyl (C=O) groups excluding carboxylic acids is 1. The van der Waals surface area contributed by atoms with Crippen LogP contribution in [-0.4, -0.2) is 17.8 Å². The molecule has 0 aromatic carbocycles. The Balaban J connectivity index is 1.40. The maximum atomic E-state index is 11.9. The second kappa shape index (κ2) is 4.21. The van der Waals surface area contributed by atoms with Crippen LogP contribution in [0.1, 0.15) is 38.5 Å². The molecule has 0 heterocycles. The number of hydrogen-bond donors (Lipinski definition) is 1. The van der Waals surface area contributed by atoms with Crippen molar-refractivity contribution in [3.63, 3.8) is 0 Å². The molecule has 4 atom stereocenters. The summed E-state index contributed by atoms with van der Waals surface area (Å²) < 4.78 is 0. The number of alkyl halides is 1. The molecular formula is C13H20ClNO. The van der Waals surface area contributed by atoms with Crippen LogP contribution in [0.2, 0.25) is 0 Å². The van der Waals surface area contributed by atoms with Crippen molar-refractivity contribution in [3.8, 4) is 0 Å². The molecule has 3 fully saturated rings. The minimum Gasteiger partial charge on any atom is -0.356 e. The van der Waals surface area contributed by atoms with Gasteiger partial charge in [-0.25, -0.2) is 0 Å². The Hall–Kier alpha value is -0.240. The van der Waals surface area contributed by atoms with Gasteiger partial charge in [-0.3, -0.25) is 4.79 Å². The number of halogens is 1. The molecule has 0 aromatic rings. The molecule has 4 unspecified atom stereocenters. The average Bonchev–Trinajstić information content (AvgIpc) is 2.71.